The number of likely N-dealkylation sites (tertiary alicyclic amines) is 1. The molecule has 2 aliphatic heterocycles. The van der Waals surface area contributed by atoms with Crippen LogP contribution < -0.4 is 18.9 Å². The molecule has 1 aromatic heterocycles. The summed E-state index contributed by atoms with van der Waals surface area (Å²) in [5.41, 5.74) is 5.58. The number of aliphatic hydroxyl groups is 1. The Bertz CT molecular complexity index is 1280. The smallest absolute Gasteiger partial charge is 0.236 e. The van der Waals surface area contributed by atoms with Gasteiger partial charge in [0.25, 0.3) is 0 Å². The van der Waals surface area contributed by atoms with Crippen molar-refractivity contribution in [3.05, 3.63) is 64.2 Å². The Balaban J connectivity index is 1.25. The van der Waals surface area contributed by atoms with Crippen molar-refractivity contribution < 1.29 is 24.1 Å². The number of benzene rings is 2. The van der Waals surface area contributed by atoms with Crippen LogP contribution in [-0.4, -0.2) is 54.5 Å². The van der Waals surface area contributed by atoms with E-state index in [1.807, 2.05) is 12.1 Å². The Labute approximate surface area is 215 Å². The first kappa shape index (κ1) is 23.4. The lowest BCUT2D eigenvalue weighted by molar-refractivity contribution is 0.171. The second-order valence-electron chi connectivity index (χ2n) is 9.50. The SMILES string of the molecule is COc1nc(O[C@H]2CCc3c(-c4ccc5c(c4)OCCO5)cccc32)c(Cl)cc1CN1CC[C@H](O)C1. The van der Waals surface area contributed by atoms with Crippen molar-refractivity contribution in [2.24, 2.45) is 0 Å². The van der Waals surface area contributed by atoms with Crippen molar-refractivity contribution in [3.63, 3.8) is 0 Å². The highest BCUT2D eigenvalue weighted by Gasteiger charge is 2.29. The molecule has 0 radical (unpaired) electrons. The first-order chi connectivity index (χ1) is 17.6. The highest BCUT2D eigenvalue weighted by molar-refractivity contribution is 6.31. The molecule has 1 N–H and O–H groups in total. The Morgan fingerprint density at radius 1 is 1.08 bits per heavy atom. The van der Waals surface area contributed by atoms with Gasteiger partial charge in [-0.2, -0.15) is 4.98 Å². The molecule has 36 heavy (non-hydrogen) atoms. The maximum atomic E-state index is 9.84. The third-order valence-corrected chi connectivity index (χ3v) is 7.41. The van der Waals surface area contributed by atoms with Crippen molar-refractivity contribution in [3.8, 4) is 34.4 Å². The minimum absolute atomic E-state index is 0.147. The zero-order chi connectivity index (χ0) is 24.6. The predicted molar refractivity (Wildman–Crippen MR) is 136 cm³/mol. The predicted octanol–water partition coefficient (Wildman–Crippen LogP) is 4.81. The molecule has 2 atom stereocenters. The van der Waals surface area contributed by atoms with E-state index in [9.17, 15) is 5.11 Å². The third kappa shape index (κ3) is 4.47. The molecule has 1 saturated heterocycles. The van der Waals surface area contributed by atoms with Gasteiger partial charge in [-0.05, 0) is 59.7 Å². The van der Waals surface area contributed by atoms with Crippen molar-refractivity contribution in [2.45, 2.75) is 38.0 Å². The van der Waals surface area contributed by atoms with Crippen LogP contribution in [-0.2, 0) is 13.0 Å². The first-order valence-electron chi connectivity index (χ1n) is 12.4. The van der Waals surface area contributed by atoms with Crippen molar-refractivity contribution in [1.82, 2.24) is 9.88 Å². The van der Waals surface area contributed by atoms with Gasteiger partial charge in [0.1, 0.15) is 24.3 Å². The van der Waals surface area contributed by atoms with E-state index < -0.39 is 0 Å². The Kier molecular flexibility index (Phi) is 6.37. The van der Waals surface area contributed by atoms with E-state index in [2.05, 4.69) is 40.2 Å². The zero-order valence-electron chi connectivity index (χ0n) is 20.2. The number of hydrogen-bond acceptors (Lipinski definition) is 7. The summed E-state index contributed by atoms with van der Waals surface area (Å²) in [6, 6.07) is 14.3. The zero-order valence-corrected chi connectivity index (χ0v) is 21.0. The largest absolute Gasteiger partial charge is 0.486 e. The summed E-state index contributed by atoms with van der Waals surface area (Å²) < 4.78 is 23.4. The highest BCUT2D eigenvalue weighted by atomic mass is 35.5. The second-order valence-corrected chi connectivity index (χ2v) is 9.91. The van der Waals surface area contributed by atoms with Crippen LogP contribution in [0.25, 0.3) is 11.1 Å². The Morgan fingerprint density at radius 3 is 2.75 bits per heavy atom. The van der Waals surface area contributed by atoms with Crippen LogP contribution in [0.5, 0.6) is 23.3 Å². The number of β-amino-alcohol motifs (C(OH)–C–C–N with tert-alkyl or cyclic N) is 1. The lowest BCUT2D eigenvalue weighted by atomic mass is 9.96. The average molecular weight is 509 g/mol. The van der Waals surface area contributed by atoms with E-state index in [-0.39, 0.29) is 12.2 Å². The fourth-order valence-corrected chi connectivity index (χ4v) is 5.64. The lowest BCUT2D eigenvalue weighted by Crippen LogP contribution is -2.22. The molecular formula is C28H29ClN2O5. The number of hydrogen-bond donors (Lipinski definition) is 1. The maximum absolute atomic E-state index is 9.84. The van der Waals surface area contributed by atoms with Crippen LogP contribution >= 0.6 is 11.6 Å². The molecule has 3 aliphatic rings. The molecule has 0 bridgehead atoms. The fourth-order valence-electron chi connectivity index (χ4n) is 5.42. The quantitative estimate of drug-likeness (QED) is 0.512. The monoisotopic (exact) mass is 508 g/mol. The van der Waals surface area contributed by atoms with Gasteiger partial charge in [0.05, 0.1) is 13.2 Å². The minimum Gasteiger partial charge on any atom is -0.486 e. The summed E-state index contributed by atoms with van der Waals surface area (Å²) in [5, 5.41) is 10.3. The molecule has 0 amide bonds. The highest BCUT2D eigenvalue weighted by Crippen LogP contribution is 2.43. The molecule has 8 heteroatoms. The molecule has 0 spiro atoms. The van der Waals surface area contributed by atoms with Crippen LogP contribution in [0.1, 0.15) is 35.6 Å². The normalized spacial score (nSPS) is 20.9. The van der Waals surface area contributed by atoms with E-state index in [4.69, 9.17) is 30.5 Å². The number of halogens is 1. The average Bonchev–Trinajstić information content (AvgIpc) is 3.50. The maximum Gasteiger partial charge on any atom is 0.236 e. The van der Waals surface area contributed by atoms with Crippen LogP contribution in [0.3, 0.4) is 0 Å². The van der Waals surface area contributed by atoms with Crippen molar-refractivity contribution in [2.75, 3.05) is 33.4 Å². The molecule has 3 heterocycles. The number of aliphatic hydroxyl groups excluding tert-OH is 1. The number of nitrogens with zero attached hydrogens (tertiary/aromatic N) is 2. The van der Waals surface area contributed by atoms with Crippen LogP contribution in [0, 0.1) is 0 Å². The summed E-state index contributed by atoms with van der Waals surface area (Å²) in [7, 11) is 1.60. The molecule has 188 valence electrons. The van der Waals surface area contributed by atoms with E-state index in [0.717, 1.165) is 54.0 Å². The van der Waals surface area contributed by atoms with Gasteiger partial charge in [-0.15, -0.1) is 0 Å². The summed E-state index contributed by atoms with van der Waals surface area (Å²) in [4.78, 5) is 6.80. The number of rotatable bonds is 6. The van der Waals surface area contributed by atoms with Gasteiger partial charge >= 0.3 is 0 Å². The summed E-state index contributed by atoms with van der Waals surface area (Å²) >= 11 is 6.64. The molecule has 2 aromatic carbocycles. The van der Waals surface area contributed by atoms with Crippen molar-refractivity contribution in [1.29, 1.82) is 0 Å². The van der Waals surface area contributed by atoms with Gasteiger partial charge in [-0.1, -0.05) is 35.9 Å². The van der Waals surface area contributed by atoms with Gasteiger partial charge < -0.3 is 24.1 Å². The molecule has 6 rings (SSSR count). The minimum atomic E-state index is -0.281. The molecule has 7 nitrogen and oxygen atoms in total. The molecule has 1 aliphatic carbocycles. The number of aromatic nitrogens is 1. The first-order valence-corrected chi connectivity index (χ1v) is 12.8. The molecule has 0 unspecified atom stereocenters. The number of fused-ring (bicyclic) bond motifs is 2. The van der Waals surface area contributed by atoms with Gasteiger partial charge in [-0.25, -0.2) is 0 Å². The van der Waals surface area contributed by atoms with Crippen LogP contribution in [0.2, 0.25) is 5.02 Å². The van der Waals surface area contributed by atoms with Gasteiger partial charge in [0.2, 0.25) is 11.8 Å². The van der Waals surface area contributed by atoms with Crippen LogP contribution in [0.4, 0.5) is 0 Å². The summed E-state index contributed by atoms with van der Waals surface area (Å²) in [6.45, 7) is 3.25. The van der Waals surface area contributed by atoms with E-state index in [0.29, 0.717) is 43.1 Å². The van der Waals surface area contributed by atoms with E-state index >= 15 is 0 Å². The number of pyridine rings is 1. The van der Waals surface area contributed by atoms with Gasteiger partial charge in [-0.3, -0.25) is 4.90 Å². The molecule has 0 saturated carbocycles. The van der Waals surface area contributed by atoms with E-state index in [1.165, 1.54) is 11.1 Å². The fraction of sp³-hybridized carbons (Fsp3) is 0.393. The standard InChI is InChI=1S/C28H29ClN2O5/c1-33-27-18(15-31-10-9-19(32)16-31)13-23(29)28(30-27)36-24-8-6-21-20(3-2-4-22(21)24)17-5-7-25-26(14-17)35-12-11-34-25/h2-5,7,13-14,19,24,32H,6,8-12,15-16H2,1H3/t19-,24-/m0/s1. The van der Waals surface area contributed by atoms with E-state index in [1.54, 1.807) is 7.11 Å². The Morgan fingerprint density at radius 2 is 1.94 bits per heavy atom. The topological polar surface area (TPSA) is 73.3 Å². The molecule has 1 fully saturated rings. The lowest BCUT2D eigenvalue weighted by Gasteiger charge is -2.20. The van der Waals surface area contributed by atoms with Crippen LogP contribution in [0.15, 0.2) is 42.5 Å². The molecule has 3 aromatic rings. The Hall–Kier alpha value is -3.00. The summed E-state index contributed by atoms with van der Waals surface area (Å²) in [6.07, 6.45) is 2.09. The molecular weight excluding hydrogens is 480 g/mol. The van der Waals surface area contributed by atoms with Crippen molar-refractivity contribution >= 4 is 11.6 Å². The summed E-state index contributed by atoms with van der Waals surface area (Å²) in [5.74, 6) is 2.45. The number of ether oxygens (including phenoxy) is 4. The number of methoxy groups -OCH3 is 1. The third-order valence-electron chi connectivity index (χ3n) is 7.14. The van der Waals surface area contributed by atoms with Gasteiger partial charge in [0, 0.05) is 25.2 Å². The van der Waals surface area contributed by atoms with Gasteiger partial charge in [0.15, 0.2) is 11.5 Å². The second kappa shape index (κ2) is 9.81.